The molecule has 1 N–H and O–H groups in total. The van der Waals surface area contributed by atoms with Gasteiger partial charge < -0.3 is 10.0 Å². The fourth-order valence-corrected chi connectivity index (χ4v) is 3.39. The molecule has 2 atom stereocenters. The summed E-state index contributed by atoms with van der Waals surface area (Å²) >= 11 is 1.14. The normalized spacial score (nSPS) is 19.6. The number of likely N-dealkylation sites (tertiary alicyclic amines) is 1. The van der Waals surface area contributed by atoms with E-state index in [1.165, 1.54) is 6.92 Å². The summed E-state index contributed by atoms with van der Waals surface area (Å²) in [5.74, 6) is -1.09. The van der Waals surface area contributed by atoms with Gasteiger partial charge in [0.15, 0.2) is 5.12 Å². The molecule has 21 heavy (non-hydrogen) atoms. The Bertz CT molecular complexity index is 549. The topological polar surface area (TPSA) is 87.6 Å². The Morgan fingerprint density at radius 3 is 2.90 bits per heavy atom. The average molecular weight is 308 g/mol. The molecule has 0 saturated carbocycles. The number of thioether (sulfide) groups is 1. The van der Waals surface area contributed by atoms with Gasteiger partial charge in [-0.1, -0.05) is 17.8 Å². The van der Waals surface area contributed by atoms with E-state index in [1.807, 2.05) is 0 Å². The van der Waals surface area contributed by atoms with Crippen molar-refractivity contribution in [2.45, 2.75) is 31.1 Å². The molecule has 1 aliphatic heterocycles. The SMILES string of the molecule is CC(=O)SC1CC(=O)N(C(CC(=O)O)c2cccnc2)C1. The van der Waals surface area contributed by atoms with Crippen LogP contribution in [0.3, 0.4) is 0 Å². The first kappa shape index (κ1) is 15.5. The Balaban J connectivity index is 2.19. The lowest BCUT2D eigenvalue weighted by molar-refractivity contribution is -0.140. The molecular formula is C14H16N2O4S. The molecule has 112 valence electrons. The van der Waals surface area contributed by atoms with Crippen LogP contribution in [-0.2, 0) is 14.4 Å². The molecule has 0 aromatic carbocycles. The maximum atomic E-state index is 12.2. The average Bonchev–Trinajstić information content (AvgIpc) is 2.76. The van der Waals surface area contributed by atoms with Gasteiger partial charge in [-0.2, -0.15) is 0 Å². The van der Waals surface area contributed by atoms with E-state index in [0.717, 1.165) is 11.8 Å². The van der Waals surface area contributed by atoms with E-state index in [1.54, 1.807) is 29.4 Å². The van der Waals surface area contributed by atoms with E-state index >= 15 is 0 Å². The minimum absolute atomic E-state index is 0.0363. The zero-order valence-corrected chi connectivity index (χ0v) is 12.4. The van der Waals surface area contributed by atoms with E-state index in [2.05, 4.69) is 4.98 Å². The number of aliphatic carboxylic acids is 1. The second-order valence-electron chi connectivity index (χ2n) is 4.88. The molecule has 2 unspecified atom stereocenters. The lowest BCUT2D eigenvalue weighted by Crippen LogP contribution is -2.32. The number of hydrogen-bond acceptors (Lipinski definition) is 5. The van der Waals surface area contributed by atoms with Gasteiger partial charge in [-0.05, 0) is 11.6 Å². The van der Waals surface area contributed by atoms with Gasteiger partial charge in [0.05, 0.1) is 12.5 Å². The number of carboxylic acid groups (broad SMARTS) is 1. The quantitative estimate of drug-likeness (QED) is 0.886. The summed E-state index contributed by atoms with van der Waals surface area (Å²) in [4.78, 5) is 39.9. The third kappa shape index (κ3) is 4.04. The van der Waals surface area contributed by atoms with Crippen LogP contribution in [0, 0.1) is 0 Å². The van der Waals surface area contributed by atoms with Crippen LogP contribution in [0.25, 0.3) is 0 Å². The van der Waals surface area contributed by atoms with Crippen molar-refractivity contribution in [1.29, 1.82) is 0 Å². The second-order valence-corrected chi connectivity index (χ2v) is 6.36. The summed E-state index contributed by atoms with van der Waals surface area (Å²) < 4.78 is 0. The van der Waals surface area contributed by atoms with Gasteiger partial charge in [0.2, 0.25) is 5.91 Å². The largest absolute Gasteiger partial charge is 0.481 e. The Hall–Kier alpha value is -1.89. The maximum absolute atomic E-state index is 12.2. The van der Waals surface area contributed by atoms with Gasteiger partial charge in [0, 0.05) is 37.5 Å². The van der Waals surface area contributed by atoms with E-state index < -0.39 is 12.0 Å². The van der Waals surface area contributed by atoms with Gasteiger partial charge in [-0.25, -0.2) is 0 Å². The van der Waals surface area contributed by atoms with Crippen molar-refractivity contribution in [3.8, 4) is 0 Å². The number of amides is 1. The van der Waals surface area contributed by atoms with Crippen LogP contribution in [-0.4, -0.2) is 43.8 Å². The standard InChI is InChI=1S/C14H16N2O4S/c1-9(17)21-11-5-13(18)16(8-11)12(6-14(19)20)10-3-2-4-15-7-10/h2-4,7,11-12H,5-6,8H2,1H3,(H,19,20). The number of aromatic nitrogens is 1. The lowest BCUT2D eigenvalue weighted by atomic mass is 10.0. The lowest BCUT2D eigenvalue weighted by Gasteiger charge is -2.27. The molecule has 1 aliphatic rings. The smallest absolute Gasteiger partial charge is 0.305 e. The number of carbonyl (C=O) groups is 3. The highest BCUT2D eigenvalue weighted by atomic mass is 32.2. The molecule has 1 fully saturated rings. The summed E-state index contributed by atoms with van der Waals surface area (Å²) in [6.07, 6.45) is 3.27. The van der Waals surface area contributed by atoms with Crippen LogP contribution < -0.4 is 0 Å². The van der Waals surface area contributed by atoms with E-state index in [9.17, 15) is 14.4 Å². The van der Waals surface area contributed by atoms with Crippen molar-refractivity contribution in [2.75, 3.05) is 6.54 Å². The van der Waals surface area contributed by atoms with Crippen LogP contribution in [0.15, 0.2) is 24.5 Å². The third-order valence-corrected chi connectivity index (χ3v) is 4.25. The summed E-state index contributed by atoms with van der Waals surface area (Å²) in [6, 6.07) is 2.94. The number of pyridine rings is 1. The molecular weight excluding hydrogens is 292 g/mol. The molecule has 0 aliphatic carbocycles. The summed E-state index contributed by atoms with van der Waals surface area (Å²) in [6.45, 7) is 1.85. The molecule has 1 amide bonds. The molecule has 1 aromatic heterocycles. The summed E-state index contributed by atoms with van der Waals surface area (Å²) in [7, 11) is 0. The monoisotopic (exact) mass is 308 g/mol. The Kier molecular flexibility index (Phi) is 4.95. The first-order valence-corrected chi connectivity index (χ1v) is 7.43. The van der Waals surface area contributed by atoms with Gasteiger partial charge in [-0.3, -0.25) is 19.4 Å². The number of hydrogen-bond donors (Lipinski definition) is 1. The van der Waals surface area contributed by atoms with Crippen LogP contribution in [0.1, 0.15) is 31.4 Å². The highest BCUT2D eigenvalue weighted by molar-refractivity contribution is 8.14. The Morgan fingerprint density at radius 2 is 2.33 bits per heavy atom. The minimum atomic E-state index is -0.973. The molecule has 2 heterocycles. The minimum Gasteiger partial charge on any atom is -0.481 e. The molecule has 1 saturated heterocycles. The second kappa shape index (κ2) is 6.71. The van der Waals surface area contributed by atoms with Crippen molar-refractivity contribution in [2.24, 2.45) is 0 Å². The van der Waals surface area contributed by atoms with Gasteiger partial charge in [0.25, 0.3) is 0 Å². The molecule has 7 heteroatoms. The highest BCUT2D eigenvalue weighted by Gasteiger charge is 2.36. The third-order valence-electron chi connectivity index (χ3n) is 3.27. The van der Waals surface area contributed by atoms with E-state index in [4.69, 9.17) is 5.11 Å². The number of carbonyl (C=O) groups excluding carboxylic acids is 2. The predicted molar refractivity (Wildman–Crippen MR) is 77.6 cm³/mol. The van der Waals surface area contributed by atoms with Crippen LogP contribution in [0.5, 0.6) is 0 Å². The molecule has 2 rings (SSSR count). The van der Waals surface area contributed by atoms with Gasteiger partial charge in [0.1, 0.15) is 0 Å². The van der Waals surface area contributed by atoms with Crippen LogP contribution in [0.2, 0.25) is 0 Å². The van der Waals surface area contributed by atoms with E-state index in [-0.39, 0.29) is 29.1 Å². The predicted octanol–water partition coefficient (Wildman–Crippen LogP) is 1.48. The molecule has 0 radical (unpaired) electrons. The van der Waals surface area contributed by atoms with Crippen LogP contribution >= 0.6 is 11.8 Å². The zero-order valence-electron chi connectivity index (χ0n) is 11.6. The first-order valence-electron chi connectivity index (χ1n) is 6.55. The van der Waals surface area contributed by atoms with Crippen molar-refractivity contribution in [1.82, 2.24) is 9.88 Å². The molecule has 1 aromatic rings. The Labute approximate surface area is 126 Å². The summed E-state index contributed by atoms with van der Waals surface area (Å²) in [5, 5.41) is 8.94. The molecule has 6 nitrogen and oxygen atoms in total. The number of nitrogens with zero attached hydrogens (tertiary/aromatic N) is 2. The van der Waals surface area contributed by atoms with Crippen molar-refractivity contribution in [3.63, 3.8) is 0 Å². The van der Waals surface area contributed by atoms with Gasteiger partial charge in [-0.15, -0.1) is 0 Å². The number of carboxylic acids is 1. The van der Waals surface area contributed by atoms with Crippen LogP contribution in [0.4, 0.5) is 0 Å². The van der Waals surface area contributed by atoms with E-state index in [0.29, 0.717) is 12.1 Å². The fourth-order valence-electron chi connectivity index (χ4n) is 2.46. The Morgan fingerprint density at radius 1 is 1.57 bits per heavy atom. The first-order chi connectivity index (χ1) is 9.97. The molecule has 0 spiro atoms. The number of rotatable bonds is 5. The molecule has 0 bridgehead atoms. The maximum Gasteiger partial charge on any atom is 0.305 e. The summed E-state index contributed by atoms with van der Waals surface area (Å²) in [5.41, 5.74) is 0.696. The van der Waals surface area contributed by atoms with Crippen molar-refractivity contribution >= 4 is 28.8 Å². The van der Waals surface area contributed by atoms with Crippen molar-refractivity contribution in [3.05, 3.63) is 30.1 Å². The van der Waals surface area contributed by atoms with Crippen molar-refractivity contribution < 1.29 is 19.5 Å². The highest BCUT2D eigenvalue weighted by Crippen LogP contribution is 2.32. The van der Waals surface area contributed by atoms with Gasteiger partial charge >= 0.3 is 5.97 Å². The zero-order chi connectivity index (χ0) is 15.4. The fraction of sp³-hybridized carbons (Fsp3) is 0.429.